The van der Waals surface area contributed by atoms with Gasteiger partial charge in [0.2, 0.25) is 0 Å². The second-order valence-corrected chi connectivity index (χ2v) is 4.52. The van der Waals surface area contributed by atoms with Crippen LogP contribution in [0.1, 0.15) is 34.5 Å². The Balaban J connectivity index is 2.17. The van der Waals surface area contributed by atoms with Crippen LogP contribution in [0.25, 0.3) is 11.3 Å². The molecular weight excluding hydrogens is 230 g/mol. The lowest BCUT2D eigenvalue weighted by atomic mass is 9.89. The molecule has 2 heterocycles. The van der Waals surface area contributed by atoms with Gasteiger partial charge in [0.1, 0.15) is 5.76 Å². The van der Waals surface area contributed by atoms with Gasteiger partial charge in [-0.2, -0.15) is 0 Å². The zero-order valence-corrected chi connectivity index (χ0v) is 9.86. The van der Waals surface area contributed by atoms with E-state index in [2.05, 4.69) is 4.98 Å². The van der Waals surface area contributed by atoms with E-state index < -0.39 is 0 Å². The van der Waals surface area contributed by atoms with Crippen LogP contribution in [0.3, 0.4) is 0 Å². The van der Waals surface area contributed by atoms with E-state index in [1.54, 1.807) is 18.3 Å². The first kappa shape index (κ1) is 11.0. The fourth-order valence-electron chi connectivity index (χ4n) is 2.55. The fraction of sp³-hybridized carbons (Fsp3) is 0.286. The van der Waals surface area contributed by atoms with E-state index in [9.17, 15) is 9.59 Å². The average molecular weight is 243 g/mol. The van der Waals surface area contributed by atoms with Crippen molar-refractivity contribution >= 4 is 6.29 Å². The highest BCUT2D eigenvalue weighted by Gasteiger charge is 2.19. The predicted molar refractivity (Wildman–Crippen MR) is 66.8 cm³/mol. The first-order valence-electron chi connectivity index (χ1n) is 6.08. The molecule has 0 aromatic carbocycles. The van der Waals surface area contributed by atoms with Crippen molar-refractivity contribution in [3.8, 4) is 11.3 Å². The SMILES string of the molecule is O=Cc1ccc(-c2c[nH]c(=O)c3c2CCCC3)o1. The van der Waals surface area contributed by atoms with Crippen molar-refractivity contribution in [3.05, 3.63) is 45.6 Å². The van der Waals surface area contributed by atoms with Gasteiger partial charge in [-0.1, -0.05) is 0 Å². The highest BCUT2D eigenvalue weighted by molar-refractivity contribution is 5.73. The third-order valence-electron chi connectivity index (χ3n) is 3.42. The number of carbonyl (C=O) groups excluding carboxylic acids is 1. The van der Waals surface area contributed by atoms with Crippen molar-refractivity contribution in [1.29, 1.82) is 0 Å². The Kier molecular flexibility index (Phi) is 2.63. The molecule has 0 fully saturated rings. The molecule has 0 saturated carbocycles. The molecule has 1 aliphatic rings. The maximum absolute atomic E-state index is 11.8. The lowest BCUT2D eigenvalue weighted by Crippen LogP contribution is -2.19. The summed E-state index contributed by atoms with van der Waals surface area (Å²) < 4.78 is 5.43. The van der Waals surface area contributed by atoms with E-state index in [0.29, 0.717) is 17.8 Å². The van der Waals surface area contributed by atoms with Crippen LogP contribution < -0.4 is 5.56 Å². The van der Waals surface area contributed by atoms with Crippen LogP contribution in [0.15, 0.2) is 27.5 Å². The molecule has 18 heavy (non-hydrogen) atoms. The Morgan fingerprint density at radius 3 is 2.67 bits per heavy atom. The molecule has 4 heteroatoms. The van der Waals surface area contributed by atoms with Crippen molar-refractivity contribution in [2.45, 2.75) is 25.7 Å². The summed E-state index contributed by atoms with van der Waals surface area (Å²) in [6.45, 7) is 0. The number of fused-ring (bicyclic) bond motifs is 1. The molecule has 1 aliphatic carbocycles. The Labute approximate surface area is 104 Å². The van der Waals surface area contributed by atoms with Gasteiger partial charge >= 0.3 is 0 Å². The predicted octanol–water partition coefficient (Wildman–Crippen LogP) is 2.33. The van der Waals surface area contributed by atoms with Crippen LogP contribution in [0.5, 0.6) is 0 Å². The molecule has 1 N–H and O–H groups in total. The molecule has 0 unspecified atom stereocenters. The summed E-state index contributed by atoms with van der Waals surface area (Å²) in [5, 5.41) is 0. The van der Waals surface area contributed by atoms with Crippen molar-refractivity contribution in [2.75, 3.05) is 0 Å². The van der Waals surface area contributed by atoms with Gasteiger partial charge in [0, 0.05) is 17.3 Å². The number of nitrogens with one attached hydrogen (secondary N) is 1. The number of hydrogen-bond acceptors (Lipinski definition) is 3. The summed E-state index contributed by atoms with van der Waals surface area (Å²) in [5.41, 5.74) is 2.83. The minimum Gasteiger partial charge on any atom is -0.453 e. The van der Waals surface area contributed by atoms with Crippen LogP contribution in [0.2, 0.25) is 0 Å². The number of aldehydes is 1. The molecule has 0 spiro atoms. The quantitative estimate of drug-likeness (QED) is 0.823. The lowest BCUT2D eigenvalue weighted by Gasteiger charge is -2.17. The first-order chi connectivity index (χ1) is 8.79. The van der Waals surface area contributed by atoms with E-state index >= 15 is 0 Å². The number of pyridine rings is 1. The first-order valence-corrected chi connectivity index (χ1v) is 6.08. The summed E-state index contributed by atoms with van der Waals surface area (Å²) in [7, 11) is 0. The van der Waals surface area contributed by atoms with Gasteiger partial charge < -0.3 is 9.40 Å². The third-order valence-corrected chi connectivity index (χ3v) is 3.42. The smallest absolute Gasteiger partial charge is 0.251 e. The van der Waals surface area contributed by atoms with Crippen molar-refractivity contribution < 1.29 is 9.21 Å². The molecule has 0 bridgehead atoms. The molecule has 0 saturated heterocycles. The number of carbonyl (C=O) groups is 1. The zero-order valence-electron chi connectivity index (χ0n) is 9.86. The number of furan rings is 1. The molecule has 92 valence electrons. The van der Waals surface area contributed by atoms with Crippen molar-refractivity contribution in [3.63, 3.8) is 0 Å². The van der Waals surface area contributed by atoms with Crippen LogP contribution in [-0.4, -0.2) is 11.3 Å². The Morgan fingerprint density at radius 1 is 1.17 bits per heavy atom. The molecule has 3 rings (SSSR count). The van der Waals surface area contributed by atoms with E-state index in [0.717, 1.165) is 42.4 Å². The molecule has 0 radical (unpaired) electrons. The third kappa shape index (κ3) is 1.70. The number of H-pyrrole nitrogens is 1. The number of hydrogen-bond donors (Lipinski definition) is 1. The maximum Gasteiger partial charge on any atom is 0.251 e. The summed E-state index contributed by atoms with van der Waals surface area (Å²) in [6, 6.07) is 3.41. The van der Waals surface area contributed by atoms with Gasteiger partial charge in [0.15, 0.2) is 12.0 Å². The number of aromatic nitrogens is 1. The van der Waals surface area contributed by atoms with Gasteiger partial charge in [-0.25, -0.2) is 0 Å². The minimum absolute atomic E-state index is 0.00406. The molecule has 0 amide bonds. The van der Waals surface area contributed by atoms with E-state index in [1.807, 2.05) is 0 Å². The van der Waals surface area contributed by atoms with Gasteiger partial charge in [0.25, 0.3) is 5.56 Å². The Bertz CT molecular complexity index is 651. The number of aromatic amines is 1. The van der Waals surface area contributed by atoms with E-state index in [-0.39, 0.29) is 5.56 Å². The minimum atomic E-state index is -0.00406. The maximum atomic E-state index is 11.8. The monoisotopic (exact) mass is 243 g/mol. The second-order valence-electron chi connectivity index (χ2n) is 4.52. The topological polar surface area (TPSA) is 63.1 Å². The summed E-state index contributed by atoms with van der Waals surface area (Å²) in [4.78, 5) is 25.2. The summed E-state index contributed by atoms with van der Waals surface area (Å²) in [6.07, 6.45) is 6.22. The van der Waals surface area contributed by atoms with Crippen LogP contribution in [-0.2, 0) is 12.8 Å². The van der Waals surface area contributed by atoms with Crippen molar-refractivity contribution in [2.24, 2.45) is 0 Å². The van der Waals surface area contributed by atoms with Gasteiger partial charge in [-0.15, -0.1) is 0 Å². The molecule has 4 nitrogen and oxygen atoms in total. The standard InChI is InChI=1S/C14H13NO3/c16-8-9-5-6-13(18-9)12-7-15-14(17)11-4-2-1-3-10(11)12/h5-8H,1-4H2,(H,15,17). The largest absolute Gasteiger partial charge is 0.453 e. The molecule has 2 aromatic heterocycles. The van der Waals surface area contributed by atoms with Crippen LogP contribution in [0.4, 0.5) is 0 Å². The fourth-order valence-corrected chi connectivity index (χ4v) is 2.55. The van der Waals surface area contributed by atoms with E-state index in [1.165, 1.54) is 0 Å². The lowest BCUT2D eigenvalue weighted by molar-refractivity contribution is 0.110. The van der Waals surface area contributed by atoms with Gasteiger partial charge in [-0.05, 0) is 43.4 Å². The highest BCUT2D eigenvalue weighted by Crippen LogP contribution is 2.30. The number of rotatable bonds is 2. The van der Waals surface area contributed by atoms with Crippen LogP contribution >= 0.6 is 0 Å². The molecule has 0 atom stereocenters. The molecule has 2 aromatic rings. The van der Waals surface area contributed by atoms with Gasteiger partial charge in [-0.3, -0.25) is 9.59 Å². The molecule has 0 aliphatic heterocycles. The Hall–Kier alpha value is -2.10. The second kappa shape index (κ2) is 4.29. The normalized spacial score (nSPS) is 14.2. The Morgan fingerprint density at radius 2 is 1.94 bits per heavy atom. The van der Waals surface area contributed by atoms with E-state index in [4.69, 9.17) is 4.42 Å². The summed E-state index contributed by atoms with van der Waals surface area (Å²) >= 11 is 0. The van der Waals surface area contributed by atoms with Crippen molar-refractivity contribution in [1.82, 2.24) is 4.98 Å². The zero-order chi connectivity index (χ0) is 12.5. The van der Waals surface area contributed by atoms with Crippen LogP contribution in [0, 0.1) is 0 Å². The summed E-state index contributed by atoms with van der Waals surface area (Å²) in [5.74, 6) is 0.951. The average Bonchev–Trinajstić information content (AvgIpc) is 2.88. The molecular formula is C14H13NO3. The highest BCUT2D eigenvalue weighted by atomic mass is 16.3. The van der Waals surface area contributed by atoms with Gasteiger partial charge in [0.05, 0.1) is 0 Å².